The molecule has 3 heteroatoms. The van der Waals surface area contributed by atoms with Crippen LogP contribution in [0.4, 0.5) is 0 Å². The third kappa shape index (κ3) is 4.42. The van der Waals surface area contributed by atoms with Crippen LogP contribution < -0.4 is 5.73 Å². The number of benzene rings is 1. The summed E-state index contributed by atoms with van der Waals surface area (Å²) in [6.45, 7) is 1.96. The van der Waals surface area contributed by atoms with E-state index in [4.69, 9.17) is 10.8 Å². The van der Waals surface area contributed by atoms with Crippen LogP contribution in [0.2, 0.25) is 0 Å². The molecule has 0 aliphatic carbocycles. The summed E-state index contributed by atoms with van der Waals surface area (Å²) in [5.41, 5.74) is 7.71. The van der Waals surface area contributed by atoms with Crippen LogP contribution in [0.5, 0.6) is 0 Å². The molecular weight excluding hydrogens is 190 g/mol. The van der Waals surface area contributed by atoms with Crippen LogP contribution in [0, 0.1) is 0 Å². The molecule has 15 heavy (non-hydrogen) atoms. The molecule has 1 rings (SSSR count). The summed E-state index contributed by atoms with van der Waals surface area (Å²) in [7, 11) is 0. The Morgan fingerprint density at radius 3 is 2.53 bits per heavy atom. The summed E-state index contributed by atoms with van der Waals surface area (Å²) in [4.78, 5) is 10.3. The lowest BCUT2D eigenvalue weighted by Crippen LogP contribution is -2.17. The Kier molecular flexibility index (Phi) is 4.06. The second-order valence-electron chi connectivity index (χ2n) is 3.59. The number of hydrogen-bond acceptors (Lipinski definition) is 2. The zero-order valence-electron chi connectivity index (χ0n) is 8.68. The summed E-state index contributed by atoms with van der Waals surface area (Å²) in [6.07, 6.45) is 3.53. The van der Waals surface area contributed by atoms with Crippen LogP contribution >= 0.6 is 0 Å². The lowest BCUT2D eigenvalue weighted by atomic mass is 10.1. The highest BCUT2D eigenvalue weighted by molar-refractivity contribution is 5.85. The molecule has 80 valence electrons. The third-order valence-electron chi connectivity index (χ3n) is 1.96. The van der Waals surface area contributed by atoms with Crippen molar-refractivity contribution in [2.45, 2.75) is 19.4 Å². The number of carboxylic acid groups (broad SMARTS) is 1. The Hall–Kier alpha value is -1.61. The van der Waals surface area contributed by atoms with Crippen LogP contribution in [0.25, 0.3) is 6.08 Å². The van der Waals surface area contributed by atoms with Gasteiger partial charge in [-0.1, -0.05) is 24.3 Å². The van der Waals surface area contributed by atoms with E-state index in [-0.39, 0.29) is 6.04 Å². The van der Waals surface area contributed by atoms with Crippen LogP contribution in [-0.4, -0.2) is 17.1 Å². The van der Waals surface area contributed by atoms with E-state index in [1.54, 1.807) is 6.08 Å². The van der Waals surface area contributed by atoms with Crippen molar-refractivity contribution in [2.75, 3.05) is 0 Å². The van der Waals surface area contributed by atoms with Gasteiger partial charge in [0.25, 0.3) is 0 Å². The van der Waals surface area contributed by atoms with Gasteiger partial charge in [0.1, 0.15) is 0 Å². The van der Waals surface area contributed by atoms with E-state index < -0.39 is 5.97 Å². The number of carbonyl (C=O) groups is 1. The number of rotatable bonds is 4. The molecule has 3 N–H and O–H groups in total. The lowest BCUT2D eigenvalue weighted by molar-refractivity contribution is -0.131. The molecule has 0 heterocycles. The molecule has 1 atom stereocenters. The van der Waals surface area contributed by atoms with E-state index in [1.807, 2.05) is 31.2 Å². The number of nitrogens with two attached hydrogens (primary N) is 1. The van der Waals surface area contributed by atoms with E-state index >= 15 is 0 Å². The topological polar surface area (TPSA) is 63.3 Å². The highest BCUT2D eigenvalue weighted by atomic mass is 16.4. The summed E-state index contributed by atoms with van der Waals surface area (Å²) in [6, 6.07) is 7.84. The number of hydrogen-bond donors (Lipinski definition) is 2. The van der Waals surface area contributed by atoms with Gasteiger partial charge in [-0.25, -0.2) is 4.79 Å². The van der Waals surface area contributed by atoms with Gasteiger partial charge in [-0.3, -0.25) is 0 Å². The smallest absolute Gasteiger partial charge is 0.328 e. The molecule has 0 radical (unpaired) electrons. The van der Waals surface area contributed by atoms with E-state index in [1.165, 1.54) is 0 Å². The van der Waals surface area contributed by atoms with E-state index in [9.17, 15) is 4.79 Å². The molecule has 0 aliphatic rings. The molecule has 1 aromatic carbocycles. The SMILES string of the molecule is CC(N)Cc1ccc(/C=C/C(=O)O)cc1. The Bertz CT molecular complexity index is 352. The van der Waals surface area contributed by atoms with E-state index in [0.29, 0.717) is 0 Å². The highest BCUT2D eigenvalue weighted by Gasteiger charge is 1.97. The quantitative estimate of drug-likeness (QED) is 0.735. The average Bonchev–Trinajstić information content (AvgIpc) is 2.16. The molecule has 3 nitrogen and oxygen atoms in total. The van der Waals surface area contributed by atoms with Gasteiger partial charge >= 0.3 is 5.97 Å². The fourth-order valence-electron chi connectivity index (χ4n) is 1.30. The average molecular weight is 205 g/mol. The van der Waals surface area contributed by atoms with Crippen molar-refractivity contribution in [1.82, 2.24) is 0 Å². The fourth-order valence-corrected chi connectivity index (χ4v) is 1.30. The normalized spacial score (nSPS) is 12.9. The van der Waals surface area contributed by atoms with Gasteiger partial charge < -0.3 is 10.8 Å². The molecule has 1 aromatic rings. The second kappa shape index (κ2) is 5.32. The predicted octanol–water partition coefficient (Wildman–Crippen LogP) is 1.67. The van der Waals surface area contributed by atoms with Gasteiger partial charge in [-0.2, -0.15) is 0 Å². The van der Waals surface area contributed by atoms with Crippen LogP contribution in [0.15, 0.2) is 30.3 Å². The zero-order valence-corrected chi connectivity index (χ0v) is 8.68. The third-order valence-corrected chi connectivity index (χ3v) is 1.96. The highest BCUT2D eigenvalue weighted by Crippen LogP contribution is 2.07. The monoisotopic (exact) mass is 205 g/mol. The van der Waals surface area contributed by atoms with Crippen LogP contribution in [-0.2, 0) is 11.2 Å². The van der Waals surface area contributed by atoms with Gasteiger partial charge in [0.2, 0.25) is 0 Å². The zero-order chi connectivity index (χ0) is 11.3. The van der Waals surface area contributed by atoms with Crippen molar-refractivity contribution >= 4 is 12.0 Å². The first kappa shape index (κ1) is 11.5. The fraction of sp³-hybridized carbons (Fsp3) is 0.250. The van der Waals surface area contributed by atoms with Gasteiger partial charge in [0.05, 0.1) is 0 Å². The minimum atomic E-state index is -0.936. The van der Waals surface area contributed by atoms with Gasteiger partial charge in [0, 0.05) is 12.1 Å². The van der Waals surface area contributed by atoms with E-state index in [0.717, 1.165) is 23.6 Å². The van der Waals surface area contributed by atoms with Gasteiger partial charge in [-0.15, -0.1) is 0 Å². The van der Waals surface area contributed by atoms with Crippen molar-refractivity contribution in [2.24, 2.45) is 5.73 Å². The van der Waals surface area contributed by atoms with Gasteiger partial charge in [0.15, 0.2) is 0 Å². The molecule has 0 aliphatic heterocycles. The minimum Gasteiger partial charge on any atom is -0.478 e. The first-order chi connectivity index (χ1) is 7.08. The summed E-state index contributed by atoms with van der Waals surface area (Å²) >= 11 is 0. The Labute approximate surface area is 89.2 Å². The maximum atomic E-state index is 10.3. The maximum Gasteiger partial charge on any atom is 0.328 e. The van der Waals surface area contributed by atoms with Crippen molar-refractivity contribution in [3.05, 3.63) is 41.5 Å². The Morgan fingerprint density at radius 2 is 2.07 bits per heavy atom. The molecule has 0 fully saturated rings. The number of aliphatic carboxylic acids is 1. The molecule has 0 saturated carbocycles. The van der Waals surface area contributed by atoms with Crippen molar-refractivity contribution < 1.29 is 9.90 Å². The van der Waals surface area contributed by atoms with Crippen molar-refractivity contribution in [3.8, 4) is 0 Å². The first-order valence-electron chi connectivity index (χ1n) is 4.83. The first-order valence-corrected chi connectivity index (χ1v) is 4.83. The van der Waals surface area contributed by atoms with Crippen LogP contribution in [0.1, 0.15) is 18.1 Å². The molecule has 0 saturated heterocycles. The van der Waals surface area contributed by atoms with Gasteiger partial charge in [-0.05, 0) is 30.5 Å². The molecule has 1 unspecified atom stereocenters. The molecule has 0 bridgehead atoms. The predicted molar refractivity (Wildman–Crippen MR) is 60.5 cm³/mol. The molecule has 0 spiro atoms. The standard InChI is InChI=1S/C12H15NO2/c1-9(13)8-11-4-2-10(3-5-11)6-7-12(14)15/h2-7,9H,8,13H2,1H3,(H,14,15)/b7-6+. The second-order valence-corrected chi connectivity index (χ2v) is 3.59. The summed E-state index contributed by atoms with van der Waals surface area (Å²) in [5.74, 6) is -0.936. The lowest BCUT2D eigenvalue weighted by Gasteiger charge is -2.04. The Balaban J connectivity index is 2.68. The Morgan fingerprint density at radius 1 is 1.47 bits per heavy atom. The van der Waals surface area contributed by atoms with E-state index in [2.05, 4.69) is 0 Å². The molecule has 0 aromatic heterocycles. The number of carboxylic acids is 1. The summed E-state index contributed by atoms with van der Waals surface area (Å²) in [5, 5.41) is 8.45. The minimum absolute atomic E-state index is 0.144. The molecular formula is C12H15NO2. The summed E-state index contributed by atoms with van der Waals surface area (Å²) < 4.78 is 0. The molecule has 0 amide bonds. The van der Waals surface area contributed by atoms with Crippen LogP contribution in [0.3, 0.4) is 0 Å². The maximum absolute atomic E-state index is 10.3. The van der Waals surface area contributed by atoms with Crippen molar-refractivity contribution in [3.63, 3.8) is 0 Å². The largest absolute Gasteiger partial charge is 0.478 e. The van der Waals surface area contributed by atoms with Crippen molar-refractivity contribution in [1.29, 1.82) is 0 Å².